The summed E-state index contributed by atoms with van der Waals surface area (Å²) in [5.74, 6) is 0.413. The average molecular weight is 574 g/mol. The van der Waals surface area contributed by atoms with Crippen LogP contribution in [0.5, 0.6) is 5.75 Å². The van der Waals surface area contributed by atoms with Crippen molar-refractivity contribution in [3.05, 3.63) is 57.7 Å². The molecule has 3 aromatic rings. The van der Waals surface area contributed by atoms with Gasteiger partial charge in [0, 0.05) is 40.9 Å². The molecular formula is C23H29BrN2O6S2. The molecule has 186 valence electrons. The first-order valence-corrected chi connectivity index (χ1v) is 13.9. The highest BCUT2D eigenvalue weighted by molar-refractivity contribution is 9.10. The molecule has 0 aliphatic heterocycles. The van der Waals surface area contributed by atoms with Crippen molar-refractivity contribution in [2.24, 2.45) is 7.05 Å². The van der Waals surface area contributed by atoms with Crippen LogP contribution in [0.3, 0.4) is 0 Å². The molecule has 0 aliphatic rings. The van der Waals surface area contributed by atoms with Crippen molar-refractivity contribution in [1.82, 2.24) is 9.47 Å². The number of thioether (sulfide) groups is 1. The molecule has 0 atom stereocenters. The Labute approximate surface area is 212 Å². The predicted molar refractivity (Wildman–Crippen MR) is 139 cm³/mol. The number of ether oxygens (including phenoxy) is 1. The number of halogens is 1. The Morgan fingerprint density at radius 1 is 1.24 bits per heavy atom. The van der Waals surface area contributed by atoms with Gasteiger partial charge in [0.2, 0.25) is 0 Å². The number of fused-ring (bicyclic) bond motifs is 1. The molecule has 0 bridgehead atoms. The number of esters is 1. The molecule has 1 heterocycles. The summed E-state index contributed by atoms with van der Waals surface area (Å²) in [5.41, 5.74) is 3.02. The molecular weight excluding hydrogens is 544 g/mol. The van der Waals surface area contributed by atoms with E-state index in [1.807, 2.05) is 54.9 Å². The Morgan fingerprint density at radius 2 is 1.82 bits per heavy atom. The third-order valence-corrected chi connectivity index (χ3v) is 6.34. The van der Waals surface area contributed by atoms with Gasteiger partial charge in [0.25, 0.3) is 10.1 Å². The normalized spacial score (nSPS) is 11.4. The summed E-state index contributed by atoms with van der Waals surface area (Å²) in [6.07, 6.45) is 0.715. The summed E-state index contributed by atoms with van der Waals surface area (Å²) in [7, 11) is 2.16. The zero-order valence-electron chi connectivity index (χ0n) is 19.7. The second kappa shape index (κ2) is 12.1. The van der Waals surface area contributed by atoms with Gasteiger partial charge in [-0.3, -0.25) is 4.55 Å². The van der Waals surface area contributed by atoms with Crippen molar-refractivity contribution < 1.29 is 27.6 Å². The Bertz CT molecular complexity index is 1250. The molecule has 0 fully saturated rings. The van der Waals surface area contributed by atoms with E-state index in [9.17, 15) is 18.3 Å². The lowest BCUT2D eigenvalue weighted by molar-refractivity contribution is 0.0527. The predicted octanol–water partition coefficient (Wildman–Crippen LogP) is 4.68. The topological polar surface area (TPSA) is 109 Å². The molecule has 2 aromatic carbocycles. The van der Waals surface area contributed by atoms with Gasteiger partial charge in [-0.2, -0.15) is 8.42 Å². The SMILES string of the molecule is CCOC(=O)c1c(CSc2ccccc2)n(C)c2cc(Br)c(O)c(CN(C)C)c12.CS(=O)(=O)O. The van der Waals surface area contributed by atoms with Crippen LogP contribution in [0.4, 0.5) is 0 Å². The summed E-state index contributed by atoms with van der Waals surface area (Å²) in [6.45, 7) is 2.60. The van der Waals surface area contributed by atoms with E-state index in [4.69, 9.17) is 9.29 Å². The fraction of sp³-hybridized carbons (Fsp3) is 0.348. The number of aromatic hydroxyl groups is 1. The highest BCUT2D eigenvalue weighted by Crippen LogP contribution is 2.41. The molecule has 0 aliphatic carbocycles. The van der Waals surface area contributed by atoms with E-state index in [-0.39, 0.29) is 11.7 Å². The minimum Gasteiger partial charge on any atom is -0.506 e. The lowest BCUT2D eigenvalue weighted by Crippen LogP contribution is -2.13. The van der Waals surface area contributed by atoms with Crippen molar-refractivity contribution in [1.29, 1.82) is 0 Å². The van der Waals surface area contributed by atoms with E-state index in [2.05, 4.69) is 28.1 Å². The van der Waals surface area contributed by atoms with Crippen molar-refractivity contribution in [2.75, 3.05) is 27.0 Å². The van der Waals surface area contributed by atoms with E-state index in [0.29, 0.717) is 40.8 Å². The molecule has 8 nitrogen and oxygen atoms in total. The molecule has 2 N–H and O–H groups in total. The van der Waals surface area contributed by atoms with Crippen LogP contribution in [-0.2, 0) is 34.2 Å². The molecule has 0 unspecified atom stereocenters. The number of aromatic nitrogens is 1. The number of carbonyl (C=O) groups excluding carboxylic acids is 1. The monoisotopic (exact) mass is 572 g/mol. The quantitative estimate of drug-likeness (QED) is 0.238. The van der Waals surface area contributed by atoms with Crippen molar-refractivity contribution in [3.63, 3.8) is 0 Å². The van der Waals surface area contributed by atoms with Gasteiger partial charge in [-0.05, 0) is 55.1 Å². The minimum atomic E-state index is -3.67. The van der Waals surface area contributed by atoms with E-state index in [1.165, 1.54) is 0 Å². The highest BCUT2D eigenvalue weighted by Gasteiger charge is 2.27. The van der Waals surface area contributed by atoms with Gasteiger partial charge in [-0.1, -0.05) is 18.2 Å². The number of benzene rings is 2. The van der Waals surface area contributed by atoms with Gasteiger partial charge in [-0.25, -0.2) is 4.79 Å². The lowest BCUT2D eigenvalue weighted by Gasteiger charge is -2.15. The first-order valence-electron chi connectivity index (χ1n) is 10.3. The standard InChI is InChI=1S/C22H25BrN2O3S.CH4O3S/c1-5-28-22(27)20-18(13-29-14-9-7-6-8-10-14)25(4)17-11-16(23)21(26)15(19(17)20)12-24(2)3;1-5(2,3)4/h6-11,26H,5,12-13H2,1-4H3;1H3,(H,2,3,4). The molecule has 0 saturated heterocycles. The number of aryl methyl sites for hydroxylation is 1. The number of phenols is 1. The lowest BCUT2D eigenvalue weighted by atomic mass is 10.0. The fourth-order valence-electron chi connectivity index (χ4n) is 3.41. The molecule has 0 radical (unpaired) electrons. The van der Waals surface area contributed by atoms with Gasteiger partial charge >= 0.3 is 5.97 Å². The van der Waals surface area contributed by atoms with Gasteiger partial charge in [0.15, 0.2) is 0 Å². The number of hydrogen-bond donors (Lipinski definition) is 2. The molecule has 11 heteroatoms. The number of carbonyl (C=O) groups is 1. The summed E-state index contributed by atoms with van der Waals surface area (Å²) < 4.78 is 33.9. The largest absolute Gasteiger partial charge is 0.506 e. The highest BCUT2D eigenvalue weighted by atomic mass is 79.9. The summed E-state index contributed by atoms with van der Waals surface area (Å²) >= 11 is 5.13. The van der Waals surface area contributed by atoms with E-state index in [0.717, 1.165) is 21.5 Å². The van der Waals surface area contributed by atoms with Gasteiger partial charge in [-0.15, -0.1) is 11.8 Å². The number of rotatable bonds is 7. The van der Waals surface area contributed by atoms with Crippen LogP contribution < -0.4 is 0 Å². The average Bonchev–Trinajstić information content (AvgIpc) is 3.01. The van der Waals surface area contributed by atoms with Crippen LogP contribution in [0, 0.1) is 0 Å². The van der Waals surface area contributed by atoms with Crippen LogP contribution in [0.2, 0.25) is 0 Å². The molecule has 0 saturated carbocycles. The maximum Gasteiger partial charge on any atom is 0.340 e. The van der Waals surface area contributed by atoms with E-state index in [1.54, 1.807) is 18.7 Å². The van der Waals surface area contributed by atoms with Crippen molar-refractivity contribution >= 4 is 54.7 Å². The zero-order valence-corrected chi connectivity index (χ0v) is 22.9. The maximum absolute atomic E-state index is 13.0. The van der Waals surface area contributed by atoms with Gasteiger partial charge in [0.1, 0.15) is 5.75 Å². The first kappa shape index (κ1) is 28.2. The number of hydrogen-bond acceptors (Lipinski definition) is 7. The van der Waals surface area contributed by atoms with Gasteiger partial charge < -0.3 is 19.3 Å². The van der Waals surface area contributed by atoms with Crippen LogP contribution in [0.25, 0.3) is 10.9 Å². The minimum absolute atomic E-state index is 0.157. The summed E-state index contributed by atoms with van der Waals surface area (Å²) in [4.78, 5) is 16.1. The molecule has 34 heavy (non-hydrogen) atoms. The molecule has 1 aromatic heterocycles. The Balaban J connectivity index is 0.000000739. The van der Waals surface area contributed by atoms with Crippen LogP contribution in [0.15, 0.2) is 45.8 Å². The van der Waals surface area contributed by atoms with E-state index < -0.39 is 10.1 Å². The van der Waals surface area contributed by atoms with Crippen molar-refractivity contribution in [3.8, 4) is 5.75 Å². The molecule has 3 rings (SSSR count). The number of phenolic OH excluding ortho intramolecular Hbond substituents is 1. The van der Waals surface area contributed by atoms with Crippen molar-refractivity contribution in [2.45, 2.75) is 24.1 Å². The Kier molecular flexibility index (Phi) is 10.0. The zero-order chi connectivity index (χ0) is 25.6. The Morgan fingerprint density at radius 3 is 2.35 bits per heavy atom. The summed E-state index contributed by atoms with van der Waals surface area (Å²) in [5, 5.41) is 11.5. The molecule has 0 amide bonds. The van der Waals surface area contributed by atoms with Crippen LogP contribution >= 0.6 is 27.7 Å². The van der Waals surface area contributed by atoms with Crippen LogP contribution in [0.1, 0.15) is 28.5 Å². The van der Waals surface area contributed by atoms with E-state index >= 15 is 0 Å². The number of nitrogens with zero attached hydrogens (tertiary/aromatic N) is 2. The van der Waals surface area contributed by atoms with Gasteiger partial charge in [0.05, 0.1) is 28.4 Å². The smallest absolute Gasteiger partial charge is 0.340 e. The first-order chi connectivity index (χ1) is 15.8. The second-order valence-electron chi connectivity index (χ2n) is 7.75. The fourth-order valence-corrected chi connectivity index (χ4v) is 4.86. The third-order valence-electron chi connectivity index (χ3n) is 4.71. The summed E-state index contributed by atoms with van der Waals surface area (Å²) in [6, 6.07) is 12.0. The third kappa shape index (κ3) is 7.47. The molecule has 0 spiro atoms. The maximum atomic E-state index is 13.0. The Hall–Kier alpha value is -2.05. The van der Waals surface area contributed by atoms with Crippen LogP contribution in [-0.4, -0.2) is 60.5 Å². The second-order valence-corrected chi connectivity index (χ2v) is 11.1.